The summed E-state index contributed by atoms with van der Waals surface area (Å²) in [7, 11) is 1.55. The van der Waals surface area contributed by atoms with Crippen molar-refractivity contribution in [1.29, 1.82) is 0 Å². The van der Waals surface area contributed by atoms with Crippen LogP contribution < -0.4 is 20.9 Å². The second-order valence-electron chi connectivity index (χ2n) is 5.29. The Bertz CT molecular complexity index is 870. The summed E-state index contributed by atoms with van der Waals surface area (Å²) in [4.78, 5) is 34.1. The van der Waals surface area contributed by atoms with Crippen LogP contribution in [0.1, 0.15) is 15.9 Å². The number of hydrogen-bond acceptors (Lipinski definition) is 6. The minimum absolute atomic E-state index is 0.0732. The number of hydrazine groups is 1. The molecule has 2 rings (SSSR count). The van der Waals surface area contributed by atoms with Crippen LogP contribution in [-0.4, -0.2) is 29.0 Å². The number of carbonyl (C=O) groups excluding carboxylic acids is 2. The zero-order chi connectivity index (χ0) is 19.8. The molecule has 0 aromatic heterocycles. The Labute approximate surface area is 159 Å². The molecule has 2 amide bonds. The second kappa shape index (κ2) is 9.25. The Morgan fingerprint density at radius 1 is 1.15 bits per heavy atom. The lowest BCUT2D eigenvalue weighted by Crippen LogP contribution is -2.48. The van der Waals surface area contributed by atoms with Gasteiger partial charge >= 0.3 is 0 Å². The lowest BCUT2D eigenvalue weighted by Gasteiger charge is -2.11. The molecule has 0 saturated carbocycles. The van der Waals surface area contributed by atoms with Crippen LogP contribution in [0.25, 0.3) is 0 Å². The topological polar surface area (TPSA) is 123 Å². The fraction of sp³-hybridized carbons (Fsp3) is 0.118. The summed E-state index contributed by atoms with van der Waals surface area (Å²) in [5, 5.41) is 13.0. The SMILES string of the molecule is COc1ccc(CC(=O)NC(=S)NNC(=O)c2cccc([N+](=O)[O-])c2)cc1. The van der Waals surface area contributed by atoms with Crippen molar-refractivity contribution >= 4 is 34.8 Å². The van der Waals surface area contributed by atoms with Gasteiger partial charge in [0.15, 0.2) is 5.11 Å². The van der Waals surface area contributed by atoms with E-state index in [1.54, 1.807) is 31.4 Å². The Morgan fingerprint density at radius 2 is 1.85 bits per heavy atom. The number of hydrogen-bond donors (Lipinski definition) is 3. The molecule has 0 aliphatic rings. The van der Waals surface area contributed by atoms with Gasteiger partial charge in [0.2, 0.25) is 5.91 Å². The molecule has 0 bridgehead atoms. The van der Waals surface area contributed by atoms with E-state index in [2.05, 4.69) is 16.2 Å². The average Bonchev–Trinajstić information content (AvgIpc) is 2.66. The highest BCUT2D eigenvalue weighted by Crippen LogP contribution is 2.13. The van der Waals surface area contributed by atoms with E-state index in [4.69, 9.17) is 17.0 Å². The molecule has 0 heterocycles. The van der Waals surface area contributed by atoms with Crippen molar-refractivity contribution in [1.82, 2.24) is 16.2 Å². The molecule has 0 spiro atoms. The van der Waals surface area contributed by atoms with E-state index in [9.17, 15) is 19.7 Å². The highest BCUT2D eigenvalue weighted by atomic mass is 32.1. The molecule has 0 fully saturated rings. The van der Waals surface area contributed by atoms with E-state index in [1.165, 1.54) is 18.2 Å². The first-order valence-electron chi connectivity index (χ1n) is 7.66. The highest BCUT2D eigenvalue weighted by Gasteiger charge is 2.12. The number of benzene rings is 2. The number of thiocarbonyl (C=S) groups is 1. The number of nitro groups is 1. The number of ether oxygens (including phenoxy) is 1. The fourth-order valence-electron chi connectivity index (χ4n) is 2.08. The monoisotopic (exact) mass is 388 g/mol. The molecular weight excluding hydrogens is 372 g/mol. The molecular formula is C17H16N4O5S. The van der Waals surface area contributed by atoms with E-state index < -0.39 is 10.8 Å². The summed E-state index contributed by atoms with van der Waals surface area (Å²) >= 11 is 4.94. The third-order valence-corrected chi connectivity index (χ3v) is 3.59. The number of methoxy groups -OCH3 is 1. The standard InChI is InChI=1S/C17H16N4O5S/c1-26-14-7-5-11(6-8-14)9-15(22)18-17(27)20-19-16(23)12-3-2-4-13(10-12)21(24)25/h2-8,10H,9H2,1H3,(H,19,23)(H2,18,20,22,27). The fourth-order valence-corrected chi connectivity index (χ4v) is 2.24. The number of non-ortho nitro benzene ring substituents is 1. The van der Waals surface area contributed by atoms with E-state index >= 15 is 0 Å². The molecule has 27 heavy (non-hydrogen) atoms. The van der Waals surface area contributed by atoms with Gasteiger partial charge < -0.3 is 10.1 Å². The lowest BCUT2D eigenvalue weighted by atomic mass is 10.1. The average molecular weight is 388 g/mol. The smallest absolute Gasteiger partial charge is 0.270 e. The van der Waals surface area contributed by atoms with E-state index in [0.29, 0.717) is 5.75 Å². The summed E-state index contributed by atoms with van der Waals surface area (Å²) in [6, 6.07) is 12.2. The molecule has 0 saturated heterocycles. The van der Waals surface area contributed by atoms with Crippen LogP contribution in [0, 0.1) is 10.1 Å². The number of nitrogens with zero attached hydrogens (tertiary/aromatic N) is 1. The summed E-state index contributed by atoms with van der Waals surface area (Å²) in [6.07, 6.45) is 0.0879. The molecule has 10 heteroatoms. The van der Waals surface area contributed by atoms with Gasteiger partial charge in [0.05, 0.1) is 18.5 Å². The van der Waals surface area contributed by atoms with Crippen LogP contribution in [0.5, 0.6) is 5.75 Å². The van der Waals surface area contributed by atoms with E-state index in [1.807, 2.05) is 0 Å². The van der Waals surface area contributed by atoms with Crippen molar-refractivity contribution in [2.75, 3.05) is 7.11 Å². The number of nitro benzene ring substituents is 1. The normalized spacial score (nSPS) is 9.81. The first-order valence-corrected chi connectivity index (χ1v) is 8.07. The van der Waals surface area contributed by atoms with Crippen molar-refractivity contribution in [2.45, 2.75) is 6.42 Å². The maximum absolute atomic E-state index is 12.0. The second-order valence-corrected chi connectivity index (χ2v) is 5.70. The molecule has 9 nitrogen and oxygen atoms in total. The number of carbonyl (C=O) groups is 2. The maximum atomic E-state index is 12.0. The van der Waals surface area contributed by atoms with Crippen LogP contribution >= 0.6 is 12.2 Å². The van der Waals surface area contributed by atoms with Crippen LogP contribution in [0.3, 0.4) is 0 Å². The summed E-state index contributed by atoms with van der Waals surface area (Å²) in [6.45, 7) is 0. The summed E-state index contributed by atoms with van der Waals surface area (Å²) < 4.78 is 5.04. The van der Waals surface area contributed by atoms with Gasteiger partial charge in [-0.2, -0.15) is 0 Å². The summed E-state index contributed by atoms with van der Waals surface area (Å²) in [5.41, 5.74) is 5.26. The van der Waals surface area contributed by atoms with Crippen molar-refractivity contribution in [2.24, 2.45) is 0 Å². The van der Waals surface area contributed by atoms with Gasteiger partial charge in [-0.1, -0.05) is 18.2 Å². The molecule has 0 atom stereocenters. The number of rotatable bonds is 5. The van der Waals surface area contributed by atoms with Gasteiger partial charge in [0.1, 0.15) is 5.75 Å². The predicted octanol–water partition coefficient (Wildman–Crippen LogP) is 1.48. The third-order valence-electron chi connectivity index (χ3n) is 3.39. The Kier molecular flexibility index (Phi) is 6.78. The van der Waals surface area contributed by atoms with Gasteiger partial charge in [0.25, 0.3) is 11.6 Å². The molecule has 3 N–H and O–H groups in total. The zero-order valence-electron chi connectivity index (χ0n) is 14.2. The molecule has 0 unspecified atom stereocenters. The van der Waals surface area contributed by atoms with Crippen LogP contribution in [0.2, 0.25) is 0 Å². The molecule has 0 aliphatic heterocycles. The largest absolute Gasteiger partial charge is 0.497 e. The van der Waals surface area contributed by atoms with E-state index in [0.717, 1.165) is 11.6 Å². The van der Waals surface area contributed by atoms with E-state index in [-0.39, 0.29) is 28.7 Å². The van der Waals surface area contributed by atoms with Gasteiger partial charge in [-0.25, -0.2) is 0 Å². The number of nitrogens with one attached hydrogen (secondary N) is 3. The maximum Gasteiger partial charge on any atom is 0.270 e. The highest BCUT2D eigenvalue weighted by molar-refractivity contribution is 7.80. The van der Waals surface area contributed by atoms with Crippen molar-refractivity contribution in [3.63, 3.8) is 0 Å². The number of amides is 2. The van der Waals surface area contributed by atoms with Gasteiger partial charge in [0, 0.05) is 17.7 Å². The Balaban J connectivity index is 1.82. The Morgan fingerprint density at radius 3 is 2.48 bits per heavy atom. The lowest BCUT2D eigenvalue weighted by molar-refractivity contribution is -0.384. The Hall–Kier alpha value is -3.53. The van der Waals surface area contributed by atoms with Crippen LogP contribution in [0.15, 0.2) is 48.5 Å². The minimum atomic E-state index is -0.634. The van der Waals surface area contributed by atoms with Gasteiger partial charge in [-0.15, -0.1) is 0 Å². The van der Waals surface area contributed by atoms with Gasteiger partial charge in [-0.3, -0.25) is 30.6 Å². The van der Waals surface area contributed by atoms with Crippen molar-refractivity contribution in [3.8, 4) is 5.75 Å². The molecule has 2 aromatic rings. The van der Waals surface area contributed by atoms with Crippen LogP contribution in [0.4, 0.5) is 5.69 Å². The van der Waals surface area contributed by atoms with Crippen LogP contribution in [-0.2, 0) is 11.2 Å². The van der Waals surface area contributed by atoms with Gasteiger partial charge in [-0.05, 0) is 36.0 Å². The zero-order valence-corrected chi connectivity index (χ0v) is 15.0. The predicted molar refractivity (Wildman–Crippen MR) is 101 cm³/mol. The first kappa shape index (κ1) is 19.8. The third kappa shape index (κ3) is 6.04. The van der Waals surface area contributed by atoms with Crippen molar-refractivity contribution < 1.29 is 19.2 Å². The quantitative estimate of drug-likeness (QED) is 0.403. The molecule has 2 aromatic carbocycles. The minimum Gasteiger partial charge on any atom is -0.497 e. The first-order chi connectivity index (χ1) is 12.9. The summed E-state index contributed by atoms with van der Waals surface area (Å²) in [5.74, 6) is -0.326. The molecule has 140 valence electrons. The molecule has 0 radical (unpaired) electrons. The molecule has 0 aliphatic carbocycles. The van der Waals surface area contributed by atoms with Crippen molar-refractivity contribution in [3.05, 3.63) is 69.8 Å².